The molecule has 0 radical (unpaired) electrons. The van der Waals surface area contributed by atoms with Gasteiger partial charge in [-0.1, -0.05) is 33.6 Å². The van der Waals surface area contributed by atoms with E-state index < -0.39 is 0 Å². The SMILES string of the molecule is CC(C)C(C)C(=O)NCC1CCCCC1CO. The third-order valence-corrected chi connectivity index (χ3v) is 4.25. The van der Waals surface area contributed by atoms with Crippen LogP contribution >= 0.6 is 0 Å². The van der Waals surface area contributed by atoms with Crippen molar-refractivity contribution in [2.45, 2.75) is 46.5 Å². The molecule has 3 heteroatoms. The van der Waals surface area contributed by atoms with Gasteiger partial charge in [-0.2, -0.15) is 0 Å². The van der Waals surface area contributed by atoms with Crippen molar-refractivity contribution in [3.05, 3.63) is 0 Å². The Labute approximate surface area is 105 Å². The molecule has 3 nitrogen and oxygen atoms in total. The summed E-state index contributed by atoms with van der Waals surface area (Å²) in [5.74, 6) is 1.47. The van der Waals surface area contributed by atoms with E-state index in [-0.39, 0.29) is 18.4 Å². The van der Waals surface area contributed by atoms with Crippen LogP contribution in [0, 0.1) is 23.7 Å². The summed E-state index contributed by atoms with van der Waals surface area (Å²) in [6.07, 6.45) is 4.70. The van der Waals surface area contributed by atoms with Gasteiger partial charge in [0.05, 0.1) is 0 Å². The Balaban J connectivity index is 2.35. The van der Waals surface area contributed by atoms with Crippen molar-refractivity contribution < 1.29 is 9.90 Å². The summed E-state index contributed by atoms with van der Waals surface area (Å²) in [5, 5.41) is 12.4. The van der Waals surface area contributed by atoms with Crippen LogP contribution in [-0.2, 0) is 4.79 Å². The molecule has 1 amide bonds. The van der Waals surface area contributed by atoms with Crippen LogP contribution in [0.1, 0.15) is 46.5 Å². The molecule has 0 bridgehead atoms. The molecule has 1 aliphatic carbocycles. The van der Waals surface area contributed by atoms with E-state index in [2.05, 4.69) is 19.2 Å². The number of carbonyl (C=O) groups excluding carboxylic acids is 1. The minimum atomic E-state index is 0.0752. The Morgan fingerprint density at radius 1 is 1.24 bits per heavy atom. The highest BCUT2D eigenvalue weighted by atomic mass is 16.3. The van der Waals surface area contributed by atoms with Gasteiger partial charge in [0.2, 0.25) is 5.91 Å². The van der Waals surface area contributed by atoms with Crippen LogP contribution in [-0.4, -0.2) is 24.2 Å². The Kier molecular flexibility index (Phi) is 5.96. The van der Waals surface area contributed by atoms with Gasteiger partial charge in [0, 0.05) is 19.1 Å². The van der Waals surface area contributed by atoms with Gasteiger partial charge in [0.15, 0.2) is 0 Å². The molecule has 0 saturated heterocycles. The average molecular weight is 241 g/mol. The third kappa shape index (κ3) is 4.30. The average Bonchev–Trinajstić information content (AvgIpc) is 2.35. The summed E-state index contributed by atoms with van der Waals surface area (Å²) >= 11 is 0. The van der Waals surface area contributed by atoms with Crippen LogP contribution in [0.5, 0.6) is 0 Å². The smallest absolute Gasteiger partial charge is 0.223 e. The molecular weight excluding hydrogens is 214 g/mol. The second-order valence-corrected chi connectivity index (χ2v) is 5.77. The molecule has 1 rings (SSSR count). The summed E-state index contributed by atoms with van der Waals surface area (Å²) in [6.45, 7) is 7.12. The van der Waals surface area contributed by atoms with Crippen LogP contribution in [0.2, 0.25) is 0 Å². The van der Waals surface area contributed by atoms with E-state index >= 15 is 0 Å². The maximum absolute atomic E-state index is 11.8. The first-order valence-corrected chi connectivity index (χ1v) is 6.94. The van der Waals surface area contributed by atoms with Crippen LogP contribution in [0.3, 0.4) is 0 Å². The first-order chi connectivity index (χ1) is 8.06. The number of amides is 1. The van der Waals surface area contributed by atoms with Gasteiger partial charge in [-0.25, -0.2) is 0 Å². The predicted molar refractivity (Wildman–Crippen MR) is 69.5 cm³/mol. The first-order valence-electron chi connectivity index (χ1n) is 6.94. The highest BCUT2D eigenvalue weighted by molar-refractivity contribution is 5.78. The van der Waals surface area contributed by atoms with E-state index in [1.165, 1.54) is 12.8 Å². The molecule has 0 aromatic rings. The molecule has 0 heterocycles. The zero-order valence-electron chi connectivity index (χ0n) is 11.4. The first kappa shape index (κ1) is 14.5. The van der Waals surface area contributed by atoms with E-state index in [0.29, 0.717) is 17.8 Å². The zero-order valence-corrected chi connectivity index (χ0v) is 11.4. The molecule has 0 aromatic carbocycles. The van der Waals surface area contributed by atoms with Crippen molar-refractivity contribution in [2.75, 3.05) is 13.2 Å². The van der Waals surface area contributed by atoms with Gasteiger partial charge in [-0.15, -0.1) is 0 Å². The molecule has 100 valence electrons. The highest BCUT2D eigenvalue weighted by Crippen LogP contribution is 2.29. The number of hydrogen-bond donors (Lipinski definition) is 2. The molecule has 3 unspecified atom stereocenters. The van der Waals surface area contributed by atoms with Crippen LogP contribution in [0.4, 0.5) is 0 Å². The van der Waals surface area contributed by atoms with E-state index in [1.807, 2.05) is 6.92 Å². The lowest BCUT2D eigenvalue weighted by Gasteiger charge is -2.30. The van der Waals surface area contributed by atoms with Crippen molar-refractivity contribution in [1.29, 1.82) is 0 Å². The number of aliphatic hydroxyl groups is 1. The molecule has 2 N–H and O–H groups in total. The van der Waals surface area contributed by atoms with Crippen molar-refractivity contribution in [3.8, 4) is 0 Å². The quantitative estimate of drug-likeness (QED) is 0.775. The summed E-state index contributed by atoms with van der Waals surface area (Å²) in [4.78, 5) is 11.8. The number of hydrogen-bond acceptors (Lipinski definition) is 2. The topological polar surface area (TPSA) is 49.3 Å². The van der Waals surface area contributed by atoms with Crippen LogP contribution in [0.15, 0.2) is 0 Å². The molecule has 0 aliphatic heterocycles. The van der Waals surface area contributed by atoms with E-state index in [4.69, 9.17) is 0 Å². The summed E-state index contributed by atoms with van der Waals surface area (Å²) in [7, 11) is 0. The monoisotopic (exact) mass is 241 g/mol. The van der Waals surface area contributed by atoms with Gasteiger partial charge in [-0.05, 0) is 30.6 Å². The fourth-order valence-corrected chi connectivity index (χ4v) is 2.49. The van der Waals surface area contributed by atoms with Gasteiger partial charge in [0.1, 0.15) is 0 Å². The second-order valence-electron chi connectivity index (χ2n) is 5.77. The van der Waals surface area contributed by atoms with Gasteiger partial charge < -0.3 is 10.4 Å². The fourth-order valence-electron chi connectivity index (χ4n) is 2.49. The van der Waals surface area contributed by atoms with Crippen molar-refractivity contribution in [2.24, 2.45) is 23.7 Å². The molecule has 17 heavy (non-hydrogen) atoms. The standard InChI is InChI=1S/C14H27NO2/c1-10(2)11(3)14(17)15-8-12-6-4-5-7-13(12)9-16/h10-13,16H,4-9H2,1-3H3,(H,15,17). The normalized spacial score (nSPS) is 26.9. The Morgan fingerprint density at radius 3 is 2.35 bits per heavy atom. The molecule has 0 spiro atoms. The molecule has 1 aliphatic rings. The molecule has 1 fully saturated rings. The number of nitrogens with one attached hydrogen (secondary N) is 1. The number of aliphatic hydroxyl groups excluding tert-OH is 1. The number of carbonyl (C=O) groups is 1. The third-order valence-electron chi connectivity index (χ3n) is 4.25. The van der Waals surface area contributed by atoms with Crippen molar-refractivity contribution in [1.82, 2.24) is 5.32 Å². The fraction of sp³-hybridized carbons (Fsp3) is 0.929. The Bertz CT molecular complexity index is 240. The van der Waals surface area contributed by atoms with Gasteiger partial charge >= 0.3 is 0 Å². The second kappa shape index (κ2) is 7.00. The molecule has 0 aromatic heterocycles. The van der Waals surface area contributed by atoms with Crippen LogP contribution < -0.4 is 5.32 Å². The lowest BCUT2D eigenvalue weighted by atomic mass is 9.79. The highest BCUT2D eigenvalue weighted by Gasteiger charge is 2.25. The minimum Gasteiger partial charge on any atom is -0.396 e. The van der Waals surface area contributed by atoms with E-state index in [9.17, 15) is 9.90 Å². The van der Waals surface area contributed by atoms with Crippen molar-refractivity contribution in [3.63, 3.8) is 0 Å². The molecule has 3 atom stereocenters. The Morgan fingerprint density at radius 2 is 1.82 bits per heavy atom. The maximum atomic E-state index is 11.8. The summed E-state index contributed by atoms with van der Waals surface area (Å²) < 4.78 is 0. The largest absolute Gasteiger partial charge is 0.396 e. The zero-order chi connectivity index (χ0) is 12.8. The Hall–Kier alpha value is -0.570. The lowest BCUT2D eigenvalue weighted by Crippen LogP contribution is -2.38. The lowest BCUT2D eigenvalue weighted by molar-refractivity contribution is -0.126. The van der Waals surface area contributed by atoms with Crippen molar-refractivity contribution >= 4 is 5.91 Å². The van der Waals surface area contributed by atoms with E-state index in [1.54, 1.807) is 0 Å². The molecule has 1 saturated carbocycles. The summed E-state index contributed by atoms with van der Waals surface area (Å²) in [5.41, 5.74) is 0. The maximum Gasteiger partial charge on any atom is 0.223 e. The summed E-state index contributed by atoms with van der Waals surface area (Å²) in [6, 6.07) is 0. The predicted octanol–water partition coefficient (Wildman–Crippen LogP) is 2.19. The van der Waals surface area contributed by atoms with Gasteiger partial charge in [-0.3, -0.25) is 4.79 Å². The van der Waals surface area contributed by atoms with E-state index in [0.717, 1.165) is 19.4 Å². The molecular formula is C14H27NO2. The van der Waals surface area contributed by atoms with Crippen LogP contribution in [0.25, 0.3) is 0 Å². The minimum absolute atomic E-state index is 0.0752. The van der Waals surface area contributed by atoms with Gasteiger partial charge in [0.25, 0.3) is 0 Å². The number of rotatable bonds is 5.